The van der Waals surface area contributed by atoms with E-state index >= 15 is 0 Å². The van der Waals surface area contributed by atoms with Crippen LogP contribution in [0.4, 0.5) is 34.1 Å². The second-order valence-corrected chi connectivity index (χ2v) is 26.9. The summed E-state index contributed by atoms with van der Waals surface area (Å²) in [6, 6.07) is 111. The van der Waals surface area contributed by atoms with E-state index in [4.69, 9.17) is 0 Å². The fourth-order valence-electron chi connectivity index (χ4n) is 17.9. The van der Waals surface area contributed by atoms with Crippen LogP contribution >= 0.6 is 11.3 Å². The van der Waals surface area contributed by atoms with Crippen LogP contribution in [0.15, 0.2) is 291 Å². The number of nitrogens with zero attached hydrogens (tertiary/aromatic N) is 6. The molecule has 9 heteroatoms. The quantitative estimate of drug-likeness (QED) is 0.164. The lowest BCUT2D eigenvalue weighted by Crippen LogP contribution is -2.60. The van der Waals surface area contributed by atoms with Gasteiger partial charge in [0.2, 0.25) is 0 Å². The number of hydrogen-bond donors (Lipinski definition) is 0. The molecule has 4 aliphatic rings. The van der Waals surface area contributed by atoms with Gasteiger partial charge in [-0.2, -0.15) is 0 Å². The van der Waals surface area contributed by atoms with Crippen molar-refractivity contribution in [3.05, 3.63) is 291 Å². The minimum Gasteiger partial charge on any atom is -0.311 e. The molecule has 23 rings (SSSR count). The maximum Gasteiger partial charge on any atom is 0.252 e. The van der Waals surface area contributed by atoms with Gasteiger partial charge in [-0.3, -0.25) is 0 Å². The van der Waals surface area contributed by atoms with E-state index in [2.05, 4.69) is 319 Å². The van der Waals surface area contributed by atoms with Crippen LogP contribution in [0.3, 0.4) is 0 Å². The fraction of sp³-hybridized carbons (Fsp3) is 0. The predicted molar refractivity (Wildman–Crippen MR) is 395 cm³/mol. The third-order valence-electron chi connectivity index (χ3n) is 21.4. The molecule has 426 valence electrons. The highest BCUT2D eigenvalue weighted by Crippen LogP contribution is 2.50. The third-order valence-corrected chi connectivity index (χ3v) is 22.5. The fourth-order valence-corrected chi connectivity index (χ4v) is 19.1. The van der Waals surface area contributed by atoms with Gasteiger partial charge >= 0.3 is 0 Å². The molecule has 6 nitrogen and oxygen atoms in total. The third kappa shape index (κ3) is 6.16. The minimum absolute atomic E-state index is 0.0701. The molecule has 0 saturated carbocycles. The van der Waals surface area contributed by atoms with E-state index in [1.54, 1.807) is 0 Å². The largest absolute Gasteiger partial charge is 0.311 e. The first kappa shape index (κ1) is 49.1. The number of benzene rings is 14. The summed E-state index contributed by atoms with van der Waals surface area (Å²) in [7, 11) is 0. The van der Waals surface area contributed by atoms with Crippen LogP contribution in [0.25, 0.3) is 130 Å². The Morgan fingerprint density at radius 1 is 0.215 bits per heavy atom. The molecule has 0 spiro atoms. The van der Waals surface area contributed by atoms with Crippen molar-refractivity contribution in [3.8, 4) is 22.7 Å². The Morgan fingerprint density at radius 2 is 0.527 bits per heavy atom. The second kappa shape index (κ2) is 17.6. The Kier molecular flexibility index (Phi) is 9.28. The molecule has 93 heavy (non-hydrogen) atoms. The summed E-state index contributed by atoms with van der Waals surface area (Å²) in [5.41, 5.74) is 29.5. The molecule has 14 aromatic carbocycles. The van der Waals surface area contributed by atoms with E-state index in [0.717, 1.165) is 22.7 Å². The number of para-hydroxylation sites is 10. The highest BCUT2D eigenvalue weighted by atomic mass is 32.1. The van der Waals surface area contributed by atoms with Crippen molar-refractivity contribution in [1.82, 2.24) is 18.3 Å². The second-order valence-electron chi connectivity index (χ2n) is 25.9. The number of fused-ring (bicyclic) bond motifs is 23. The van der Waals surface area contributed by atoms with Gasteiger partial charge in [0.15, 0.2) is 0 Å². The zero-order chi connectivity index (χ0) is 60.1. The maximum absolute atomic E-state index is 2.62. The minimum atomic E-state index is -0.0701. The van der Waals surface area contributed by atoms with Crippen molar-refractivity contribution < 1.29 is 0 Å². The summed E-state index contributed by atoms with van der Waals surface area (Å²) in [6.45, 7) is -0.140. The van der Waals surface area contributed by atoms with Crippen LogP contribution in [-0.2, 0) is 0 Å². The van der Waals surface area contributed by atoms with Crippen molar-refractivity contribution in [2.24, 2.45) is 0 Å². The SMILES string of the molecule is c1ccc(N2c3cc4sc5cc6c(cc5c4cc3B3c4c2cc(-n2c5ccccc5c5ccccc52)cc4-n2c4ccccc4c4cccc3c42)B2c3c(cc(-n4c5ccccc5c5ccccc54)cc3-n3c4ccccc4c4cccc2c43)N6c2ccccc2)cc1. The summed E-state index contributed by atoms with van der Waals surface area (Å²) in [6.07, 6.45) is 0. The Morgan fingerprint density at radius 3 is 0.903 bits per heavy atom. The number of rotatable bonds is 4. The van der Waals surface area contributed by atoms with Crippen LogP contribution in [-0.4, -0.2) is 31.7 Å². The van der Waals surface area contributed by atoms with Gasteiger partial charge in [0.05, 0.1) is 44.5 Å². The van der Waals surface area contributed by atoms with Gasteiger partial charge in [-0.15, -0.1) is 11.3 Å². The lowest BCUT2D eigenvalue weighted by atomic mass is 9.33. The van der Waals surface area contributed by atoms with Crippen LogP contribution in [0.5, 0.6) is 0 Å². The molecule has 5 aromatic heterocycles. The standard InChI is InChI=1S/C84H48B2N6S/c1-3-21-49(22-4-1)87-73-47-79-61(45-65(73)85-63-33-19-31-59-57-29-11-17-39-71(57)91(83(59)63)77-43-51(41-75(87)81(77)85)89-67-35-13-7-25-53(67)54-26-8-14-36-68(54)89)62-46-66-74(48-80(62)93-79)88(50-23-5-2-6-24-50)76-42-52(90-69-37-15-9-27-55(69)56-28-10-16-38-70(56)90)44-78-82(76)86(66)64-34-20-32-60-58-30-12-18-40-72(58)92(78)84(60)64/h1-48H. The van der Waals surface area contributed by atoms with Gasteiger partial charge in [0.1, 0.15) is 0 Å². The first-order chi connectivity index (χ1) is 46.2. The Labute approximate surface area is 537 Å². The molecule has 0 aliphatic carbocycles. The molecule has 0 N–H and O–H groups in total. The van der Waals surface area contributed by atoms with Crippen molar-refractivity contribution in [2.75, 3.05) is 9.80 Å². The monoisotopic (exact) mass is 1190 g/mol. The van der Waals surface area contributed by atoms with Gasteiger partial charge in [0, 0.05) is 109 Å². The van der Waals surface area contributed by atoms with E-state index in [0.29, 0.717) is 0 Å². The average Bonchev–Trinajstić information content (AvgIpc) is 1.69. The van der Waals surface area contributed by atoms with Crippen LogP contribution in [0.1, 0.15) is 0 Å². The van der Waals surface area contributed by atoms with Crippen LogP contribution in [0.2, 0.25) is 0 Å². The van der Waals surface area contributed by atoms with Gasteiger partial charge in [-0.25, -0.2) is 0 Å². The van der Waals surface area contributed by atoms with E-state index < -0.39 is 0 Å². The van der Waals surface area contributed by atoms with Gasteiger partial charge in [0.25, 0.3) is 13.4 Å². The Bertz CT molecular complexity index is 6100. The number of anilines is 6. The molecule has 9 heterocycles. The van der Waals surface area contributed by atoms with Crippen molar-refractivity contribution in [3.63, 3.8) is 0 Å². The van der Waals surface area contributed by atoms with Gasteiger partial charge < -0.3 is 28.1 Å². The summed E-state index contributed by atoms with van der Waals surface area (Å²) < 4.78 is 12.8. The smallest absolute Gasteiger partial charge is 0.252 e. The molecule has 0 unspecified atom stereocenters. The molecule has 0 bridgehead atoms. The maximum atomic E-state index is 2.62. The molecular weight excluding hydrogens is 1150 g/mol. The van der Waals surface area contributed by atoms with E-state index in [-0.39, 0.29) is 13.4 Å². The van der Waals surface area contributed by atoms with Crippen LogP contribution < -0.4 is 42.6 Å². The predicted octanol–water partition coefficient (Wildman–Crippen LogP) is 17.7. The lowest BCUT2D eigenvalue weighted by Gasteiger charge is -2.41. The highest BCUT2D eigenvalue weighted by Gasteiger charge is 2.46. The molecule has 0 fully saturated rings. The average molecular weight is 1200 g/mol. The first-order valence-corrected chi connectivity index (χ1v) is 33.1. The summed E-state index contributed by atoms with van der Waals surface area (Å²) in [5, 5.41) is 12.7. The molecule has 0 radical (unpaired) electrons. The number of hydrogen-bond acceptors (Lipinski definition) is 3. The Hall–Kier alpha value is -11.8. The molecule has 0 amide bonds. The number of thiophene rings is 1. The lowest BCUT2D eigenvalue weighted by molar-refractivity contribution is 1.13. The van der Waals surface area contributed by atoms with E-state index in [1.165, 1.54) is 174 Å². The first-order valence-electron chi connectivity index (χ1n) is 32.3. The van der Waals surface area contributed by atoms with Crippen molar-refractivity contribution in [2.45, 2.75) is 0 Å². The van der Waals surface area contributed by atoms with Crippen molar-refractivity contribution in [1.29, 1.82) is 0 Å². The topological polar surface area (TPSA) is 26.2 Å². The zero-order valence-corrected chi connectivity index (χ0v) is 50.8. The molecule has 4 aliphatic heterocycles. The zero-order valence-electron chi connectivity index (χ0n) is 50.0. The molecule has 0 saturated heterocycles. The molecule has 0 atom stereocenters. The van der Waals surface area contributed by atoms with E-state index in [1.807, 2.05) is 11.3 Å². The van der Waals surface area contributed by atoms with Crippen LogP contribution in [0, 0.1) is 0 Å². The Balaban J connectivity index is 0.825. The van der Waals surface area contributed by atoms with Gasteiger partial charge in [-0.05, 0) is 141 Å². The normalized spacial score (nSPS) is 13.5. The summed E-state index contributed by atoms with van der Waals surface area (Å²) >= 11 is 1.93. The van der Waals surface area contributed by atoms with E-state index in [9.17, 15) is 0 Å². The summed E-state index contributed by atoms with van der Waals surface area (Å²) in [4.78, 5) is 5.19. The molecular formula is C84H48B2N6S. The number of aromatic nitrogens is 4. The molecule has 19 aromatic rings. The van der Waals surface area contributed by atoms with Crippen molar-refractivity contribution >= 4 is 199 Å². The highest BCUT2D eigenvalue weighted by molar-refractivity contribution is 7.26. The van der Waals surface area contributed by atoms with Gasteiger partial charge in [-0.1, -0.05) is 194 Å². The summed E-state index contributed by atoms with van der Waals surface area (Å²) in [5.74, 6) is 0.